The molecule has 16 heavy (non-hydrogen) atoms. The van der Waals surface area contributed by atoms with Gasteiger partial charge in [0.15, 0.2) is 0 Å². The van der Waals surface area contributed by atoms with Gasteiger partial charge in [-0.15, -0.1) is 0 Å². The number of hydrogen-bond donors (Lipinski definition) is 1. The molecule has 0 aliphatic heterocycles. The van der Waals surface area contributed by atoms with Gasteiger partial charge in [-0.1, -0.05) is 6.58 Å². The van der Waals surface area contributed by atoms with Crippen LogP contribution in [0.1, 0.15) is 0 Å². The molecule has 0 bridgehead atoms. The van der Waals surface area contributed by atoms with Crippen LogP contribution in [0.15, 0.2) is 43.1 Å². The Morgan fingerprint density at radius 2 is 2.25 bits per heavy atom. The molecule has 0 amide bonds. The summed E-state index contributed by atoms with van der Waals surface area (Å²) in [5.41, 5.74) is 0.400. The van der Waals surface area contributed by atoms with Crippen LogP contribution in [0, 0.1) is 0 Å². The van der Waals surface area contributed by atoms with Crippen molar-refractivity contribution in [3.05, 3.63) is 43.1 Å². The second-order valence-corrected chi connectivity index (χ2v) is 3.11. The Labute approximate surface area is 91.8 Å². The lowest BCUT2D eigenvalue weighted by molar-refractivity contribution is -0.128. The number of esters is 1. The number of nitrogens with zero attached hydrogens (tertiary/aromatic N) is 1. The van der Waals surface area contributed by atoms with Crippen molar-refractivity contribution >= 4 is 16.9 Å². The highest BCUT2D eigenvalue weighted by molar-refractivity contribution is 5.93. The number of carbonyl (C=O) groups is 1. The first-order valence-corrected chi connectivity index (χ1v) is 4.63. The molecule has 4 heteroatoms. The average Bonchev–Trinajstić information content (AvgIpc) is 2.33. The lowest BCUT2D eigenvalue weighted by atomic mass is 10.2. The number of pyridine rings is 1. The van der Waals surface area contributed by atoms with Gasteiger partial charge in [0.1, 0.15) is 17.0 Å². The summed E-state index contributed by atoms with van der Waals surface area (Å²) >= 11 is 0. The van der Waals surface area contributed by atoms with Crippen molar-refractivity contribution in [1.82, 2.24) is 4.98 Å². The minimum Gasteiger partial charge on any atom is -0.506 e. The smallest absolute Gasteiger partial charge is 0.335 e. The fraction of sp³-hybridized carbons (Fsp3) is 0. The molecule has 1 N–H and O–H groups in total. The summed E-state index contributed by atoms with van der Waals surface area (Å²) in [7, 11) is 0. The molecule has 2 aromatic rings. The minimum atomic E-state index is -0.546. The molecule has 0 radical (unpaired) electrons. The third kappa shape index (κ3) is 1.72. The van der Waals surface area contributed by atoms with Crippen LogP contribution in [0.3, 0.4) is 0 Å². The summed E-state index contributed by atoms with van der Waals surface area (Å²) < 4.78 is 5.02. The highest BCUT2D eigenvalue weighted by Gasteiger charge is 2.08. The molecule has 0 fully saturated rings. The Balaban J connectivity index is 2.58. The maximum absolute atomic E-state index is 11.1. The highest BCUT2D eigenvalue weighted by atomic mass is 16.5. The second kappa shape index (κ2) is 4.02. The summed E-state index contributed by atoms with van der Waals surface area (Å²) in [4.78, 5) is 15.1. The van der Waals surface area contributed by atoms with Crippen molar-refractivity contribution in [2.75, 3.05) is 0 Å². The van der Waals surface area contributed by atoms with Crippen LogP contribution in [-0.4, -0.2) is 16.1 Å². The second-order valence-electron chi connectivity index (χ2n) is 3.11. The van der Waals surface area contributed by atoms with Gasteiger partial charge >= 0.3 is 5.97 Å². The number of ether oxygens (including phenoxy) is 1. The average molecular weight is 215 g/mol. The maximum atomic E-state index is 11.1. The molecule has 0 atom stereocenters. The Hall–Kier alpha value is -2.36. The number of phenols is 1. The largest absolute Gasteiger partial charge is 0.506 e. The molecule has 1 aromatic carbocycles. The van der Waals surface area contributed by atoms with Crippen molar-refractivity contribution in [2.45, 2.75) is 0 Å². The van der Waals surface area contributed by atoms with E-state index in [1.807, 2.05) is 0 Å². The first kappa shape index (κ1) is 10.2. The molecule has 0 spiro atoms. The first-order chi connectivity index (χ1) is 7.72. The van der Waals surface area contributed by atoms with E-state index in [1.54, 1.807) is 18.3 Å². The fourth-order valence-corrected chi connectivity index (χ4v) is 1.37. The minimum absolute atomic E-state index is 0.0500. The molecule has 2 rings (SSSR count). The summed E-state index contributed by atoms with van der Waals surface area (Å²) in [6, 6.07) is 6.36. The molecule has 0 aliphatic carbocycles. The number of aromatic hydroxyl groups is 1. The van der Waals surface area contributed by atoms with Gasteiger partial charge in [-0.05, 0) is 24.3 Å². The van der Waals surface area contributed by atoms with Crippen LogP contribution in [0.2, 0.25) is 0 Å². The Kier molecular flexibility index (Phi) is 2.55. The predicted molar refractivity (Wildman–Crippen MR) is 59.2 cm³/mol. The lowest BCUT2D eigenvalue weighted by Crippen LogP contribution is -2.03. The number of phenolic OH excluding ortho intramolecular Hbond substituents is 1. The van der Waals surface area contributed by atoms with E-state index in [1.165, 1.54) is 12.1 Å². The molecule has 0 saturated carbocycles. The van der Waals surface area contributed by atoms with Crippen LogP contribution in [0.25, 0.3) is 10.9 Å². The van der Waals surface area contributed by atoms with E-state index >= 15 is 0 Å². The molecule has 80 valence electrons. The van der Waals surface area contributed by atoms with Crippen LogP contribution in [-0.2, 0) is 4.79 Å². The van der Waals surface area contributed by atoms with Gasteiger partial charge < -0.3 is 9.84 Å². The number of aromatic nitrogens is 1. The Morgan fingerprint density at radius 3 is 3.00 bits per heavy atom. The van der Waals surface area contributed by atoms with E-state index in [9.17, 15) is 9.90 Å². The highest BCUT2D eigenvalue weighted by Crippen LogP contribution is 2.30. The van der Waals surface area contributed by atoms with E-state index in [4.69, 9.17) is 4.74 Å². The van der Waals surface area contributed by atoms with Crippen molar-refractivity contribution < 1.29 is 14.6 Å². The van der Waals surface area contributed by atoms with E-state index in [2.05, 4.69) is 11.6 Å². The van der Waals surface area contributed by atoms with E-state index < -0.39 is 5.97 Å². The lowest BCUT2D eigenvalue weighted by Gasteiger charge is -2.06. The third-order valence-corrected chi connectivity index (χ3v) is 2.09. The normalized spacial score (nSPS) is 10.0. The number of benzene rings is 1. The van der Waals surface area contributed by atoms with E-state index in [0.717, 1.165) is 6.08 Å². The predicted octanol–water partition coefficient (Wildman–Crippen LogP) is 2.03. The molecular formula is C12H9NO3. The third-order valence-electron chi connectivity index (χ3n) is 2.09. The summed E-state index contributed by atoms with van der Waals surface area (Å²) in [6.45, 7) is 3.31. The van der Waals surface area contributed by atoms with Crippen molar-refractivity contribution in [3.8, 4) is 11.5 Å². The van der Waals surface area contributed by atoms with Gasteiger partial charge in [0.2, 0.25) is 0 Å². The van der Waals surface area contributed by atoms with Crippen LogP contribution < -0.4 is 4.74 Å². The van der Waals surface area contributed by atoms with Gasteiger partial charge in [-0.2, -0.15) is 0 Å². The van der Waals surface area contributed by atoms with Crippen LogP contribution >= 0.6 is 0 Å². The topological polar surface area (TPSA) is 59.4 Å². The molecule has 0 unspecified atom stereocenters. The van der Waals surface area contributed by atoms with E-state index in [-0.39, 0.29) is 5.75 Å². The number of fused-ring (bicyclic) bond motifs is 1. The molecule has 0 saturated heterocycles. The van der Waals surface area contributed by atoms with Crippen molar-refractivity contribution in [2.24, 2.45) is 0 Å². The molecular weight excluding hydrogens is 206 g/mol. The molecule has 0 aliphatic rings. The molecule has 1 heterocycles. The van der Waals surface area contributed by atoms with Gasteiger partial charge in [0.05, 0.1) is 0 Å². The number of rotatable bonds is 2. The quantitative estimate of drug-likeness (QED) is 0.473. The standard InChI is InChI=1S/C12H9NO3/c1-2-11(15)16-10-6-5-9(14)12-8(10)4-3-7-13-12/h2-7,14H,1H2. The SMILES string of the molecule is C=CC(=O)Oc1ccc(O)c2ncccc12. The Morgan fingerprint density at radius 1 is 1.44 bits per heavy atom. The van der Waals surface area contributed by atoms with Crippen LogP contribution in [0.5, 0.6) is 11.5 Å². The van der Waals surface area contributed by atoms with Crippen LogP contribution in [0.4, 0.5) is 0 Å². The van der Waals surface area contributed by atoms with Gasteiger partial charge in [-0.25, -0.2) is 4.79 Å². The van der Waals surface area contributed by atoms with Gasteiger partial charge in [0, 0.05) is 17.7 Å². The number of carbonyl (C=O) groups excluding carboxylic acids is 1. The Bertz CT molecular complexity index is 563. The summed E-state index contributed by atoms with van der Waals surface area (Å²) in [6.07, 6.45) is 2.64. The zero-order valence-electron chi connectivity index (χ0n) is 8.38. The zero-order valence-corrected chi connectivity index (χ0v) is 8.38. The van der Waals surface area contributed by atoms with Crippen molar-refractivity contribution in [3.63, 3.8) is 0 Å². The molecule has 1 aromatic heterocycles. The summed E-state index contributed by atoms with van der Waals surface area (Å²) in [5.74, 6) is -0.143. The first-order valence-electron chi connectivity index (χ1n) is 4.63. The van der Waals surface area contributed by atoms with Crippen molar-refractivity contribution in [1.29, 1.82) is 0 Å². The maximum Gasteiger partial charge on any atom is 0.335 e. The monoisotopic (exact) mass is 215 g/mol. The number of hydrogen-bond acceptors (Lipinski definition) is 4. The fourth-order valence-electron chi connectivity index (χ4n) is 1.37. The molecule has 4 nitrogen and oxygen atoms in total. The zero-order chi connectivity index (χ0) is 11.5. The van der Waals surface area contributed by atoms with Gasteiger partial charge in [-0.3, -0.25) is 4.98 Å². The van der Waals surface area contributed by atoms with E-state index in [0.29, 0.717) is 16.7 Å². The van der Waals surface area contributed by atoms with Gasteiger partial charge in [0.25, 0.3) is 0 Å². The summed E-state index contributed by atoms with van der Waals surface area (Å²) in [5, 5.41) is 10.1.